The second kappa shape index (κ2) is 10.2. The second-order valence-electron chi connectivity index (χ2n) is 5.54. The van der Waals surface area contributed by atoms with Gasteiger partial charge in [-0.15, -0.1) is 0 Å². The molecule has 1 amide bonds. The largest absolute Gasteiger partial charge is 0.495 e. The first-order chi connectivity index (χ1) is 13.5. The maximum Gasteiger partial charge on any atom is 0.266 e. The minimum Gasteiger partial charge on any atom is -0.495 e. The molecule has 0 fully saturated rings. The van der Waals surface area contributed by atoms with Crippen molar-refractivity contribution in [3.05, 3.63) is 52.6 Å². The molecule has 146 valence electrons. The Labute approximate surface area is 169 Å². The van der Waals surface area contributed by atoms with Gasteiger partial charge in [0.05, 0.1) is 26.0 Å². The Morgan fingerprint density at radius 2 is 1.79 bits per heavy atom. The molecule has 0 aliphatic heterocycles. The lowest BCUT2D eigenvalue weighted by molar-refractivity contribution is -0.112. The molecule has 0 radical (unpaired) electrons. The molecule has 7 heteroatoms. The zero-order valence-electron chi connectivity index (χ0n) is 15.9. The SMILES string of the molecule is CCOc1ccc(/C=C(\C#N)C(=O)Nc2cc(Cl)ccc2OC)cc1OCC. The number of hydrogen-bond acceptors (Lipinski definition) is 5. The summed E-state index contributed by atoms with van der Waals surface area (Å²) in [5.41, 5.74) is 0.938. The fourth-order valence-corrected chi connectivity index (χ4v) is 2.61. The number of benzene rings is 2. The van der Waals surface area contributed by atoms with Gasteiger partial charge in [0, 0.05) is 5.02 Å². The minimum atomic E-state index is -0.574. The molecule has 28 heavy (non-hydrogen) atoms. The van der Waals surface area contributed by atoms with Crippen molar-refractivity contribution in [2.45, 2.75) is 13.8 Å². The summed E-state index contributed by atoms with van der Waals surface area (Å²) >= 11 is 5.98. The lowest BCUT2D eigenvalue weighted by Gasteiger charge is -2.12. The Morgan fingerprint density at radius 1 is 1.11 bits per heavy atom. The van der Waals surface area contributed by atoms with Crippen molar-refractivity contribution in [1.29, 1.82) is 5.26 Å². The van der Waals surface area contributed by atoms with Gasteiger partial charge in [0.2, 0.25) is 0 Å². The van der Waals surface area contributed by atoms with E-state index >= 15 is 0 Å². The fourth-order valence-electron chi connectivity index (χ4n) is 2.44. The molecule has 0 aromatic heterocycles. The Kier molecular flexibility index (Phi) is 7.73. The maximum atomic E-state index is 12.6. The highest BCUT2D eigenvalue weighted by molar-refractivity contribution is 6.31. The van der Waals surface area contributed by atoms with Crippen molar-refractivity contribution in [1.82, 2.24) is 0 Å². The molecule has 0 aliphatic carbocycles. The van der Waals surface area contributed by atoms with Crippen molar-refractivity contribution >= 4 is 29.3 Å². The number of halogens is 1. The van der Waals surface area contributed by atoms with Gasteiger partial charge in [-0.1, -0.05) is 17.7 Å². The first kappa shape index (κ1) is 21.1. The van der Waals surface area contributed by atoms with Crippen molar-refractivity contribution in [2.24, 2.45) is 0 Å². The van der Waals surface area contributed by atoms with E-state index in [1.807, 2.05) is 19.9 Å². The predicted molar refractivity (Wildman–Crippen MR) is 109 cm³/mol. The number of amides is 1. The highest BCUT2D eigenvalue weighted by Crippen LogP contribution is 2.30. The van der Waals surface area contributed by atoms with Crippen LogP contribution < -0.4 is 19.5 Å². The summed E-state index contributed by atoms with van der Waals surface area (Å²) in [5, 5.41) is 12.5. The molecular weight excluding hydrogens is 380 g/mol. The summed E-state index contributed by atoms with van der Waals surface area (Å²) in [4.78, 5) is 12.6. The standard InChI is InChI=1S/C21H21ClN2O4/c1-4-27-19-8-6-14(11-20(19)28-5-2)10-15(13-23)21(25)24-17-12-16(22)7-9-18(17)26-3/h6-12H,4-5H2,1-3H3,(H,24,25)/b15-10+. The van der Waals surface area contributed by atoms with E-state index < -0.39 is 5.91 Å². The number of rotatable bonds is 8. The van der Waals surface area contributed by atoms with Crippen LogP contribution in [0.1, 0.15) is 19.4 Å². The van der Waals surface area contributed by atoms with Crippen LogP contribution in [0.2, 0.25) is 5.02 Å². The number of carbonyl (C=O) groups excluding carboxylic acids is 1. The van der Waals surface area contributed by atoms with Gasteiger partial charge in [-0.2, -0.15) is 5.26 Å². The molecule has 0 spiro atoms. The van der Waals surface area contributed by atoms with Crippen molar-refractivity contribution in [3.63, 3.8) is 0 Å². The molecule has 0 unspecified atom stereocenters. The summed E-state index contributed by atoms with van der Waals surface area (Å²) in [6.45, 7) is 4.71. The third-order valence-electron chi connectivity index (χ3n) is 3.65. The van der Waals surface area contributed by atoms with Crippen LogP contribution in [0, 0.1) is 11.3 Å². The Hall–Kier alpha value is -3.17. The lowest BCUT2D eigenvalue weighted by atomic mass is 10.1. The molecule has 0 saturated heterocycles. The first-order valence-corrected chi connectivity index (χ1v) is 9.06. The number of hydrogen-bond donors (Lipinski definition) is 1. The van der Waals surface area contributed by atoms with Crippen LogP contribution >= 0.6 is 11.6 Å². The molecular formula is C21H21ClN2O4. The van der Waals surface area contributed by atoms with Gasteiger partial charge in [0.1, 0.15) is 17.4 Å². The monoisotopic (exact) mass is 400 g/mol. The molecule has 2 aromatic rings. The van der Waals surface area contributed by atoms with E-state index in [1.165, 1.54) is 13.2 Å². The van der Waals surface area contributed by atoms with Crippen molar-refractivity contribution in [3.8, 4) is 23.3 Å². The van der Waals surface area contributed by atoms with Crippen LogP contribution in [0.15, 0.2) is 42.0 Å². The first-order valence-electron chi connectivity index (χ1n) is 8.68. The number of carbonyl (C=O) groups is 1. The average Bonchev–Trinajstić information content (AvgIpc) is 2.68. The molecule has 1 N–H and O–H groups in total. The van der Waals surface area contributed by atoms with Crippen LogP contribution in [-0.4, -0.2) is 26.2 Å². The maximum absolute atomic E-state index is 12.6. The summed E-state index contributed by atoms with van der Waals surface area (Å²) in [6, 6.07) is 12.0. The second-order valence-corrected chi connectivity index (χ2v) is 5.98. The van der Waals surface area contributed by atoms with Crippen LogP contribution in [-0.2, 0) is 4.79 Å². The van der Waals surface area contributed by atoms with Gasteiger partial charge in [-0.25, -0.2) is 0 Å². The third kappa shape index (κ3) is 5.41. The molecule has 6 nitrogen and oxygen atoms in total. The molecule has 2 rings (SSSR count). The normalized spacial score (nSPS) is 10.8. The Balaban J connectivity index is 2.30. The lowest BCUT2D eigenvalue weighted by Crippen LogP contribution is -2.14. The predicted octanol–water partition coefficient (Wildman–Crippen LogP) is 4.69. The van der Waals surface area contributed by atoms with Gasteiger partial charge in [0.15, 0.2) is 11.5 Å². The smallest absolute Gasteiger partial charge is 0.266 e. The molecule has 0 heterocycles. The Bertz CT molecular complexity index is 919. The summed E-state index contributed by atoms with van der Waals surface area (Å²) < 4.78 is 16.3. The molecule has 0 bridgehead atoms. The van der Waals surface area contributed by atoms with E-state index in [4.69, 9.17) is 25.8 Å². The molecule has 0 aliphatic rings. The van der Waals surface area contributed by atoms with Crippen LogP contribution in [0.3, 0.4) is 0 Å². The highest BCUT2D eigenvalue weighted by Gasteiger charge is 2.14. The van der Waals surface area contributed by atoms with Crippen LogP contribution in [0.5, 0.6) is 17.2 Å². The molecule has 0 atom stereocenters. The number of anilines is 1. The van der Waals surface area contributed by atoms with Gasteiger partial charge in [0.25, 0.3) is 5.91 Å². The topological polar surface area (TPSA) is 80.6 Å². The Morgan fingerprint density at radius 3 is 2.43 bits per heavy atom. The van der Waals surface area contributed by atoms with Crippen molar-refractivity contribution < 1.29 is 19.0 Å². The van der Waals surface area contributed by atoms with Gasteiger partial charge >= 0.3 is 0 Å². The van der Waals surface area contributed by atoms with Gasteiger partial charge in [-0.3, -0.25) is 4.79 Å². The fraction of sp³-hybridized carbons (Fsp3) is 0.238. The molecule has 0 saturated carbocycles. The summed E-state index contributed by atoms with van der Waals surface area (Å²) in [7, 11) is 1.48. The van der Waals surface area contributed by atoms with E-state index in [-0.39, 0.29) is 5.57 Å². The minimum absolute atomic E-state index is 0.0753. The summed E-state index contributed by atoms with van der Waals surface area (Å²) in [6.07, 6.45) is 1.48. The number of nitriles is 1. The zero-order valence-corrected chi connectivity index (χ0v) is 16.7. The summed E-state index contributed by atoms with van der Waals surface area (Å²) in [5.74, 6) is 1.02. The van der Waals surface area contributed by atoms with E-state index in [9.17, 15) is 10.1 Å². The van der Waals surface area contributed by atoms with E-state index in [2.05, 4.69) is 5.32 Å². The van der Waals surface area contributed by atoms with Crippen LogP contribution in [0.25, 0.3) is 6.08 Å². The number of methoxy groups -OCH3 is 1. The number of nitrogens with zero attached hydrogens (tertiary/aromatic N) is 1. The van der Waals surface area contributed by atoms with Crippen LogP contribution in [0.4, 0.5) is 5.69 Å². The van der Waals surface area contributed by atoms with E-state index in [0.29, 0.717) is 46.7 Å². The van der Waals surface area contributed by atoms with E-state index in [0.717, 1.165) is 0 Å². The third-order valence-corrected chi connectivity index (χ3v) is 3.89. The number of ether oxygens (including phenoxy) is 3. The average molecular weight is 401 g/mol. The van der Waals surface area contributed by atoms with Crippen molar-refractivity contribution in [2.75, 3.05) is 25.6 Å². The quantitative estimate of drug-likeness (QED) is 0.513. The van der Waals surface area contributed by atoms with E-state index in [1.54, 1.807) is 36.4 Å². The van der Waals surface area contributed by atoms with Gasteiger partial charge in [-0.05, 0) is 55.8 Å². The highest BCUT2D eigenvalue weighted by atomic mass is 35.5. The number of nitrogens with one attached hydrogen (secondary N) is 1. The van der Waals surface area contributed by atoms with Gasteiger partial charge < -0.3 is 19.5 Å². The molecule has 2 aromatic carbocycles. The zero-order chi connectivity index (χ0) is 20.5.